The van der Waals surface area contributed by atoms with Crippen LogP contribution in [0.25, 0.3) is 0 Å². The molecule has 0 saturated carbocycles. The summed E-state index contributed by atoms with van der Waals surface area (Å²) in [5.74, 6) is -0.519. The van der Waals surface area contributed by atoms with Gasteiger partial charge in [0, 0.05) is 6.20 Å². The van der Waals surface area contributed by atoms with Crippen LogP contribution >= 0.6 is 23.4 Å². The van der Waals surface area contributed by atoms with E-state index >= 15 is 0 Å². The van der Waals surface area contributed by atoms with Crippen LogP contribution in [0.3, 0.4) is 0 Å². The highest BCUT2D eigenvalue weighted by atomic mass is 35.5. The van der Waals surface area contributed by atoms with Crippen molar-refractivity contribution < 1.29 is 9.53 Å². The van der Waals surface area contributed by atoms with Crippen molar-refractivity contribution in [3.63, 3.8) is 0 Å². The summed E-state index contributed by atoms with van der Waals surface area (Å²) in [6.07, 6.45) is 4.47. The molecule has 0 amide bonds. The largest absolute Gasteiger partial charge is 0.464 e. The Labute approximate surface area is 113 Å². The average Bonchev–Trinajstić information content (AvgIpc) is 2.41. The summed E-state index contributed by atoms with van der Waals surface area (Å²) in [5.41, 5.74) is 0.161. The lowest BCUT2D eigenvalue weighted by Crippen LogP contribution is -2.04. The summed E-state index contributed by atoms with van der Waals surface area (Å²) >= 11 is 7.25. The molecule has 0 atom stereocenters. The molecule has 0 aromatic carbocycles. The number of pyridine rings is 1. The zero-order valence-corrected chi connectivity index (χ0v) is 10.9. The highest BCUT2D eigenvalue weighted by Gasteiger charge is 2.09. The molecule has 0 bridgehead atoms. The number of carbonyl (C=O) groups is 1. The topological polar surface area (TPSA) is 65.0 Å². The second kappa shape index (κ2) is 5.79. The van der Waals surface area contributed by atoms with E-state index in [1.165, 1.54) is 31.3 Å². The molecule has 0 spiro atoms. The fourth-order valence-corrected chi connectivity index (χ4v) is 2.05. The number of carbonyl (C=O) groups excluding carboxylic acids is 1. The Bertz CT molecular complexity index is 562. The highest BCUT2D eigenvalue weighted by Crippen LogP contribution is 2.29. The summed E-state index contributed by atoms with van der Waals surface area (Å²) < 4.78 is 4.53. The lowest BCUT2D eigenvalue weighted by Gasteiger charge is -2.02. The van der Waals surface area contributed by atoms with Gasteiger partial charge in [0.2, 0.25) is 0 Å². The molecule has 2 rings (SSSR count). The van der Waals surface area contributed by atoms with Crippen molar-refractivity contribution in [1.82, 2.24) is 15.0 Å². The first kappa shape index (κ1) is 12.8. The summed E-state index contributed by atoms with van der Waals surface area (Å²) in [6.45, 7) is 0. The Morgan fingerprint density at radius 1 is 1.33 bits per heavy atom. The first-order valence-corrected chi connectivity index (χ1v) is 6.09. The van der Waals surface area contributed by atoms with E-state index in [1.54, 1.807) is 18.3 Å². The second-order valence-corrected chi connectivity index (χ2v) is 4.54. The van der Waals surface area contributed by atoms with E-state index in [0.717, 1.165) is 0 Å². The van der Waals surface area contributed by atoms with Crippen molar-refractivity contribution in [2.24, 2.45) is 0 Å². The average molecular weight is 282 g/mol. The summed E-state index contributed by atoms with van der Waals surface area (Å²) in [7, 11) is 1.29. The summed E-state index contributed by atoms with van der Waals surface area (Å²) in [5, 5.41) is 1.78. The molecule has 0 aliphatic carbocycles. The van der Waals surface area contributed by atoms with Gasteiger partial charge in [0.05, 0.1) is 24.5 Å². The Morgan fingerprint density at radius 2 is 2.17 bits per heavy atom. The van der Waals surface area contributed by atoms with E-state index in [4.69, 9.17) is 11.6 Å². The van der Waals surface area contributed by atoms with Gasteiger partial charge in [-0.25, -0.2) is 19.7 Å². The van der Waals surface area contributed by atoms with E-state index in [-0.39, 0.29) is 5.69 Å². The Morgan fingerprint density at radius 3 is 2.78 bits per heavy atom. The van der Waals surface area contributed by atoms with E-state index in [2.05, 4.69) is 19.7 Å². The quantitative estimate of drug-likeness (QED) is 0.805. The lowest BCUT2D eigenvalue weighted by atomic mass is 10.5. The first-order chi connectivity index (χ1) is 8.70. The molecule has 2 heterocycles. The molecule has 92 valence electrons. The van der Waals surface area contributed by atoms with Gasteiger partial charge in [-0.15, -0.1) is 0 Å². The maximum atomic E-state index is 11.2. The molecule has 2 aromatic heterocycles. The van der Waals surface area contributed by atoms with Crippen LogP contribution in [-0.2, 0) is 4.74 Å². The number of halogens is 1. The third-order valence-electron chi connectivity index (χ3n) is 1.95. The molecule has 0 saturated heterocycles. The number of nitrogens with zero attached hydrogens (tertiary/aromatic N) is 3. The zero-order valence-electron chi connectivity index (χ0n) is 9.33. The number of hydrogen-bond donors (Lipinski definition) is 0. The van der Waals surface area contributed by atoms with Crippen molar-refractivity contribution in [2.45, 2.75) is 10.1 Å². The fraction of sp³-hybridized carbons (Fsp3) is 0.0909. The van der Waals surface area contributed by atoms with E-state index in [1.807, 2.05) is 0 Å². The predicted octanol–water partition coefficient (Wildman–Crippen LogP) is 2.46. The summed E-state index contributed by atoms with van der Waals surface area (Å²) in [6, 6.07) is 3.49. The van der Waals surface area contributed by atoms with E-state index in [9.17, 15) is 4.79 Å². The Balaban J connectivity index is 2.16. The van der Waals surface area contributed by atoms with Crippen molar-refractivity contribution in [2.75, 3.05) is 7.11 Å². The molecule has 0 radical (unpaired) electrons. The van der Waals surface area contributed by atoms with Crippen LogP contribution in [0.1, 0.15) is 10.5 Å². The molecule has 0 fully saturated rings. The smallest absolute Gasteiger partial charge is 0.358 e. The van der Waals surface area contributed by atoms with Crippen LogP contribution in [0.15, 0.2) is 40.8 Å². The summed E-state index contributed by atoms with van der Waals surface area (Å²) in [4.78, 5) is 23.3. The van der Waals surface area contributed by atoms with Crippen LogP contribution in [0.4, 0.5) is 0 Å². The van der Waals surface area contributed by atoms with Gasteiger partial charge in [-0.05, 0) is 23.9 Å². The van der Waals surface area contributed by atoms with E-state index in [0.29, 0.717) is 15.1 Å². The van der Waals surface area contributed by atoms with Crippen molar-refractivity contribution >= 4 is 29.3 Å². The Hall–Kier alpha value is -1.66. The van der Waals surface area contributed by atoms with Crippen LogP contribution in [0.5, 0.6) is 0 Å². The van der Waals surface area contributed by atoms with Gasteiger partial charge in [-0.2, -0.15) is 0 Å². The van der Waals surface area contributed by atoms with Gasteiger partial charge in [0.25, 0.3) is 0 Å². The van der Waals surface area contributed by atoms with Crippen molar-refractivity contribution in [1.29, 1.82) is 0 Å². The molecular weight excluding hydrogens is 274 g/mol. The minimum atomic E-state index is -0.519. The third-order valence-corrected chi connectivity index (χ3v) is 3.30. The number of ether oxygens (including phenoxy) is 1. The van der Waals surface area contributed by atoms with Crippen LogP contribution in [-0.4, -0.2) is 28.0 Å². The van der Waals surface area contributed by atoms with Crippen LogP contribution in [0.2, 0.25) is 5.02 Å². The SMILES string of the molecule is COC(=O)c1cnc(Sc2ncccc2Cl)cn1. The molecule has 18 heavy (non-hydrogen) atoms. The highest BCUT2D eigenvalue weighted by molar-refractivity contribution is 7.99. The van der Waals surface area contributed by atoms with Crippen molar-refractivity contribution in [3.8, 4) is 0 Å². The number of esters is 1. The lowest BCUT2D eigenvalue weighted by molar-refractivity contribution is 0.0593. The zero-order chi connectivity index (χ0) is 13.0. The Kier molecular flexibility index (Phi) is 4.11. The van der Waals surface area contributed by atoms with Gasteiger partial charge in [0.1, 0.15) is 10.1 Å². The van der Waals surface area contributed by atoms with Gasteiger partial charge in [-0.3, -0.25) is 0 Å². The van der Waals surface area contributed by atoms with Crippen molar-refractivity contribution in [3.05, 3.63) is 41.4 Å². The fourth-order valence-electron chi connectivity index (χ4n) is 1.12. The van der Waals surface area contributed by atoms with E-state index < -0.39 is 5.97 Å². The molecule has 0 N–H and O–H groups in total. The van der Waals surface area contributed by atoms with Gasteiger partial charge >= 0.3 is 5.97 Å². The standard InChI is InChI=1S/C11H8ClN3O2S/c1-17-11(16)8-5-15-9(6-14-8)18-10-7(12)3-2-4-13-10/h2-6H,1H3. The van der Waals surface area contributed by atoms with Crippen LogP contribution < -0.4 is 0 Å². The molecule has 5 nitrogen and oxygen atoms in total. The monoisotopic (exact) mass is 281 g/mol. The maximum absolute atomic E-state index is 11.2. The molecule has 0 unspecified atom stereocenters. The maximum Gasteiger partial charge on any atom is 0.358 e. The first-order valence-electron chi connectivity index (χ1n) is 4.89. The van der Waals surface area contributed by atoms with Gasteiger partial charge in [0.15, 0.2) is 5.69 Å². The molecule has 7 heteroatoms. The van der Waals surface area contributed by atoms with Crippen LogP contribution in [0, 0.1) is 0 Å². The van der Waals surface area contributed by atoms with Gasteiger partial charge in [-0.1, -0.05) is 11.6 Å². The molecule has 2 aromatic rings. The molecule has 0 aliphatic rings. The minimum absolute atomic E-state index is 0.161. The molecular formula is C11H8ClN3O2S. The minimum Gasteiger partial charge on any atom is -0.464 e. The number of rotatable bonds is 3. The predicted molar refractivity (Wildman–Crippen MR) is 66.7 cm³/mol. The number of hydrogen-bond acceptors (Lipinski definition) is 6. The third kappa shape index (κ3) is 2.96. The second-order valence-electron chi connectivity index (χ2n) is 3.12. The molecule has 0 aliphatic heterocycles. The number of aromatic nitrogens is 3. The van der Waals surface area contributed by atoms with Gasteiger partial charge < -0.3 is 4.74 Å². The normalized spacial score (nSPS) is 10.1. The number of methoxy groups -OCH3 is 1.